The third-order valence-electron chi connectivity index (χ3n) is 3.61. The molecule has 1 aliphatic rings. The summed E-state index contributed by atoms with van der Waals surface area (Å²) in [5, 5.41) is 0. The van der Waals surface area contributed by atoms with Gasteiger partial charge in [0.1, 0.15) is 0 Å². The molecule has 6 heteroatoms. The van der Waals surface area contributed by atoms with Gasteiger partial charge in [0.05, 0.1) is 24.2 Å². The van der Waals surface area contributed by atoms with E-state index in [4.69, 9.17) is 4.74 Å². The van der Waals surface area contributed by atoms with Crippen LogP contribution in [0.1, 0.15) is 22.3 Å². The second kappa shape index (κ2) is 5.93. The molecule has 0 saturated carbocycles. The fourth-order valence-corrected chi connectivity index (χ4v) is 4.26. The lowest BCUT2D eigenvalue weighted by atomic mass is 10.1. The number of sulfone groups is 1. The molecule has 0 aliphatic carbocycles. The predicted molar refractivity (Wildman–Crippen MR) is 76.3 cm³/mol. The summed E-state index contributed by atoms with van der Waals surface area (Å²) >= 11 is 0. The van der Waals surface area contributed by atoms with Gasteiger partial charge in [-0.2, -0.15) is 0 Å². The highest BCUT2D eigenvalue weighted by Crippen LogP contribution is 2.19. The topological polar surface area (TPSA) is 63.7 Å². The molecule has 1 aromatic rings. The zero-order valence-corrected chi connectivity index (χ0v) is 12.5. The van der Waals surface area contributed by atoms with E-state index in [-0.39, 0.29) is 23.5 Å². The van der Waals surface area contributed by atoms with Crippen molar-refractivity contribution < 1.29 is 17.9 Å². The van der Waals surface area contributed by atoms with Crippen LogP contribution in [0.2, 0.25) is 0 Å². The summed E-state index contributed by atoms with van der Waals surface area (Å²) in [5.41, 5.74) is 1.48. The smallest absolute Gasteiger partial charge is 0.337 e. The van der Waals surface area contributed by atoms with Crippen molar-refractivity contribution in [3.8, 4) is 0 Å². The van der Waals surface area contributed by atoms with E-state index in [1.807, 2.05) is 18.0 Å². The van der Waals surface area contributed by atoms with Gasteiger partial charge in [0.25, 0.3) is 0 Å². The fraction of sp³-hybridized carbons (Fsp3) is 0.500. The van der Waals surface area contributed by atoms with E-state index in [1.54, 1.807) is 18.2 Å². The van der Waals surface area contributed by atoms with Crippen LogP contribution in [0.5, 0.6) is 0 Å². The number of carbonyl (C=O) groups excluding carboxylic acids is 1. The summed E-state index contributed by atoms with van der Waals surface area (Å²) in [6, 6.07) is 7.27. The van der Waals surface area contributed by atoms with Crippen molar-refractivity contribution >= 4 is 15.8 Å². The molecule has 0 bridgehead atoms. The molecule has 1 aliphatic heterocycles. The Balaban J connectivity index is 2.05. The molecular weight excluding hydrogens is 278 g/mol. The van der Waals surface area contributed by atoms with Gasteiger partial charge in [-0.25, -0.2) is 13.2 Å². The number of rotatable bonds is 4. The zero-order valence-electron chi connectivity index (χ0n) is 11.7. The Hall–Kier alpha value is -1.40. The lowest BCUT2D eigenvalue weighted by Crippen LogP contribution is -2.32. The average molecular weight is 297 g/mol. The number of methoxy groups -OCH3 is 1. The van der Waals surface area contributed by atoms with Crippen LogP contribution in [0.15, 0.2) is 24.3 Å². The van der Waals surface area contributed by atoms with Crippen LogP contribution >= 0.6 is 0 Å². The summed E-state index contributed by atoms with van der Waals surface area (Å²) in [6.07, 6.45) is 0.676. The number of hydrogen-bond acceptors (Lipinski definition) is 5. The van der Waals surface area contributed by atoms with Gasteiger partial charge in [-0.3, -0.25) is 4.90 Å². The molecule has 1 atom stereocenters. The second-order valence-electron chi connectivity index (χ2n) is 5.16. The van der Waals surface area contributed by atoms with Gasteiger partial charge in [-0.1, -0.05) is 12.1 Å². The number of hydrogen-bond donors (Lipinski definition) is 0. The van der Waals surface area contributed by atoms with E-state index in [9.17, 15) is 13.2 Å². The number of ether oxygens (including phenoxy) is 1. The Labute approximate surface area is 119 Å². The highest BCUT2D eigenvalue weighted by atomic mass is 32.2. The number of esters is 1. The summed E-state index contributed by atoms with van der Waals surface area (Å²) < 4.78 is 27.7. The number of carbonyl (C=O) groups is 1. The zero-order chi connectivity index (χ0) is 14.8. The molecule has 1 saturated heterocycles. The molecule has 20 heavy (non-hydrogen) atoms. The third-order valence-corrected chi connectivity index (χ3v) is 5.36. The van der Waals surface area contributed by atoms with Crippen molar-refractivity contribution in [2.45, 2.75) is 19.0 Å². The fourth-order valence-electron chi connectivity index (χ4n) is 2.45. The van der Waals surface area contributed by atoms with Gasteiger partial charge >= 0.3 is 5.97 Å². The van der Waals surface area contributed by atoms with Crippen molar-refractivity contribution in [1.82, 2.24) is 4.90 Å². The van der Waals surface area contributed by atoms with E-state index >= 15 is 0 Å². The molecule has 1 fully saturated rings. The Bertz CT molecular complexity index is 597. The van der Waals surface area contributed by atoms with Crippen LogP contribution < -0.4 is 0 Å². The quantitative estimate of drug-likeness (QED) is 0.779. The normalized spacial score (nSPS) is 21.1. The van der Waals surface area contributed by atoms with Crippen molar-refractivity contribution in [3.63, 3.8) is 0 Å². The van der Waals surface area contributed by atoms with Gasteiger partial charge in [0.15, 0.2) is 9.84 Å². The van der Waals surface area contributed by atoms with E-state index < -0.39 is 9.84 Å². The molecule has 0 amide bonds. The minimum absolute atomic E-state index is 0.0572. The van der Waals surface area contributed by atoms with Gasteiger partial charge in [0.2, 0.25) is 0 Å². The Morgan fingerprint density at radius 1 is 1.45 bits per heavy atom. The van der Waals surface area contributed by atoms with Gasteiger partial charge in [-0.15, -0.1) is 0 Å². The molecule has 0 radical (unpaired) electrons. The summed E-state index contributed by atoms with van der Waals surface area (Å²) in [6.45, 7) is 0.616. The highest BCUT2D eigenvalue weighted by molar-refractivity contribution is 7.91. The first kappa shape index (κ1) is 15.0. The minimum atomic E-state index is -2.87. The molecule has 0 N–H and O–H groups in total. The van der Waals surface area contributed by atoms with E-state index in [2.05, 4.69) is 0 Å². The van der Waals surface area contributed by atoms with Gasteiger partial charge in [0, 0.05) is 12.6 Å². The standard InChI is InChI=1S/C14H19NO4S/c1-15(13-6-7-20(17,18)10-13)9-11-4-3-5-12(8-11)14(16)19-2/h3-5,8,13H,6-7,9-10H2,1-2H3. The molecular formula is C14H19NO4S. The molecule has 5 nitrogen and oxygen atoms in total. The monoisotopic (exact) mass is 297 g/mol. The van der Waals surface area contributed by atoms with Gasteiger partial charge in [-0.05, 0) is 31.2 Å². The Morgan fingerprint density at radius 3 is 2.80 bits per heavy atom. The molecule has 110 valence electrons. The molecule has 1 unspecified atom stereocenters. The van der Waals surface area contributed by atoms with E-state index in [1.165, 1.54) is 7.11 Å². The van der Waals surface area contributed by atoms with Crippen molar-refractivity contribution in [2.24, 2.45) is 0 Å². The van der Waals surface area contributed by atoms with Crippen molar-refractivity contribution in [3.05, 3.63) is 35.4 Å². The van der Waals surface area contributed by atoms with Crippen LogP contribution in [-0.2, 0) is 21.1 Å². The Morgan fingerprint density at radius 2 is 2.20 bits per heavy atom. The molecule has 1 aromatic carbocycles. The first-order valence-corrected chi connectivity index (χ1v) is 8.31. The minimum Gasteiger partial charge on any atom is -0.465 e. The van der Waals surface area contributed by atoms with Crippen molar-refractivity contribution in [1.29, 1.82) is 0 Å². The maximum Gasteiger partial charge on any atom is 0.337 e. The lowest BCUT2D eigenvalue weighted by molar-refractivity contribution is 0.0600. The summed E-state index contributed by atoms with van der Waals surface area (Å²) in [4.78, 5) is 13.5. The van der Waals surface area contributed by atoms with E-state index in [0.29, 0.717) is 18.5 Å². The van der Waals surface area contributed by atoms with Crippen LogP contribution in [0.25, 0.3) is 0 Å². The Kier molecular flexibility index (Phi) is 4.45. The van der Waals surface area contributed by atoms with Crippen molar-refractivity contribution in [2.75, 3.05) is 25.7 Å². The molecule has 0 spiro atoms. The third kappa shape index (κ3) is 3.58. The molecule has 2 rings (SSSR count). The maximum atomic E-state index is 11.5. The maximum absolute atomic E-state index is 11.5. The molecule has 1 heterocycles. The van der Waals surface area contributed by atoms with E-state index in [0.717, 1.165) is 5.56 Å². The van der Waals surface area contributed by atoms with Crippen LogP contribution in [0.4, 0.5) is 0 Å². The highest BCUT2D eigenvalue weighted by Gasteiger charge is 2.30. The number of benzene rings is 1. The predicted octanol–water partition coefficient (Wildman–Crippen LogP) is 1.09. The van der Waals surface area contributed by atoms with Crippen LogP contribution in [-0.4, -0.2) is 51.0 Å². The first-order chi connectivity index (χ1) is 9.41. The lowest BCUT2D eigenvalue weighted by Gasteiger charge is -2.23. The largest absolute Gasteiger partial charge is 0.465 e. The van der Waals surface area contributed by atoms with Crippen LogP contribution in [0, 0.1) is 0 Å². The second-order valence-corrected chi connectivity index (χ2v) is 7.39. The van der Waals surface area contributed by atoms with Gasteiger partial charge < -0.3 is 4.74 Å². The summed E-state index contributed by atoms with van der Waals surface area (Å²) in [5.74, 6) is 0.127. The number of nitrogens with zero attached hydrogens (tertiary/aromatic N) is 1. The summed E-state index contributed by atoms with van der Waals surface area (Å²) in [7, 11) is 0.391. The molecule has 0 aromatic heterocycles. The SMILES string of the molecule is COC(=O)c1cccc(CN(C)C2CCS(=O)(=O)C2)c1. The average Bonchev–Trinajstić information content (AvgIpc) is 2.78. The first-order valence-electron chi connectivity index (χ1n) is 6.49. The van der Waals surface area contributed by atoms with Crippen LogP contribution in [0.3, 0.4) is 0 Å².